The maximum atomic E-state index is 11.8. The van der Waals surface area contributed by atoms with Gasteiger partial charge in [0.1, 0.15) is 6.29 Å². The van der Waals surface area contributed by atoms with E-state index in [0.717, 1.165) is 13.0 Å². The molecule has 1 aliphatic rings. The van der Waals surface area contributed by atoms with E-state index in [-0.39, 0.29) is 36.8 Å². The summed E-state index contributed by atoms with van der Waals surface area (Å²) < 4.78 is 58.1. The third-order valence-electron chi connectivity index (χ3n) is 3.23. The third-order valence-corrected chi connectivity index (χ3v) is 4.38. The van der Waals surface area contributed by atoms with Gasteiger partial charge in [-0.2, -0.15) is 13.2 Å². The van der Waals surface area contributed by atoms with Gasteiger partial charge < -0.3 is 5.32 Å². The Bertz CT molecular complexity index is 692. The summed E-state index contributed by atoms with van der Waals surface area (Å²) in [5, 5.41) is 13.0. The van der Waals surface area contributed by atoms with Crippen molar-refractivity contribution in [2.75, 3.05) is 13.1 Å². The molecule has 1 fully saturated rings. The topological polar surface area (TPSA) is 118 Å². The molecule has 13 heteroatoms. The molecule has 26 heavy (non-hydrogen) atoms. The van der Waals surface area contributed by atoms with Crippen LogP contribution in [0, 0.1) is 10.1 Å². The molecule has 145 valence electrons. The van der Waals surface area contributed by atoms with Crippen LogP contribution in [0.3, 0.4) is 0 Å². The number of nitrogens with zero attached hydrogens (tertiary/aromatic N) is 1. The molecule has 0 bridgehead atoms. The van der Waals surface area contributed by atoms with Gasteiger partial charge in [0.05, 0.1) is 4.92 Å². The molecule has 0 aromatic heterocycles. The van der Waals surface area contributed by atoms with Gasteiger partial charge in [0, 0.05) is 48.8 Å². The minimum Gasteiger partial charge on any atom is -0.313 e. The minimum atomic E-state index is -5.22. The van der Waals surface area contributed by atoms with Crippen LogP contribution >= 0.6 is 0 Å². The second-order valence-electron chi connectivity index (χ2n) is 5.06. The zero-order chi connectivity index (χ0) is 19.1. The van der Waals surface area contributed by atoms with Gasteiger partial charge in [-0.3, -0.25) is 14.9 Å². The third kappa shape index (κ3) is 7.83. The molecule has 0 unspecified atom stereocenters. The number of hydrogen-bond acceptors (Lipinski definition) is 6. The summed E-state index contributed by atoms with van der Waals surface area (Å²) in [5.41, 5.74) is -4.78. The van der Waals surface area contributed by atoms with Gasteiger partial charge in [-0.25, -0.2) is 13.1 Å². The molecule has 0 aliphatic carbocycles. The van der Waals surface area contributed by atoms with E-state index in [4.69, 9.17) is 0 Å². The van der Waals surface area contributed by atoms with Crippen LogP contribution in [0.2, 0.25) is 0 Å². The first-order chi connectivity index (χ1) is 11.6. The van der Waals surface area contributed by atoms with Crippen LogP contribution in [-0.2, 0) is 28.6 Å². The number of nitro benzene ring substituents is 1. The number of halogens is 3. The van der Waals surface area contributed by atoms with Crippen LogP contribution in [0.4, 0.5) is 18.9 Å². The van der Waals surface area contributed by atoms with Gasteiger partial charge in [0.15, 0.2) is 0 Å². The molecule has 0 spiro atoms. The van der Waals surface area contributed by atoms with Crippen LogP contribution in [-0.4, -0.2) is 44.3 Å². The van der Waals surface area contributed by atoms with Gasteiger partial charge >= 0.3 is 15.5 Å². The minimum absolute atomic E-state index is 0. The normalized spacial score (nSPS) is 16.8. The number of benzene rings is 1. The summed E-state index contributed by atoms with van der Waals surface area (Å²) in [6, 6.07) is 5.22. The number of aldehydes is 1. The smallest absolute Gasteiger partial charge is 0.313 e. The molecule has 0 saturated carbocycles. The number of hydrogen-bond donors (Lipinski definition) is 2. The van der Waals surface area contributed by atoms with Crippen LogP contribution in [0.25, 0.3) is 0 Å². The number of non-ortho nitro benzene ring substituents is 1. The largest absolute Gasteiger partial charge is 0.511 e. The second kappa shape index (κ2) is 10.6. The van der Waals surface area contributed by atoms with E-state index in [1.165, 1.54) is 29.0 Å². The second-order valence-corrected chi connectivity index (χ2v) is 6.82. The number of carbonyl (C=O) groups excluding carboxylic acids is 1. The Hall–Kier alpha value is -1.47. The van der Waals surface area contributed by atoms with Crippen molar-refractivity contribution >= 4 is 22.0 Å². The molecule has 1 aromatic rings. The number of nitro groups is 1. The van der Waals surface area contributed by atoms with E-state index in [1.807, 2.05) is 0 Å². The molecule has 1 aliphatic heterocycles. The predicted octanol–water partition coefficient (Wildman–Crippen LogP) is 1.58. The summed E-state index contributed by atoms with van der Waals surface area (Å²) in [7, 11) is -5.18. The number of carbonyl (C=O) groups is 1. The fourth-order valence-electron chi connectivity index (χ4n) is 1.90. The monoisotopic (exact) mass is 434 g/mol. The van der Waals surface area contributed by atoms with Crippen molar-refractivity contribution in [3.05, 3.63) is 39.9 Å². The maximum absolute atomic E-state index is 11.8. The van der Waals surface area contributed by atoms with Crippen molar-refractivity contribution < 1.29 is 49.9 Å². The molecule has 1 aromatic carbocycles. The van der Waals surface area contributed by atoms with Crippen molar-refractivity contribution in [1.29, 1.82) is 0 Å². The Morgan fingerprint density at radius 3 is 2.27 bits per heavy atom. The SMILES string of the molecule is O=Cc1ccc([N+](=O)[O-])cc1.O=S(=O)(NC[C@@H]1CCCN1)C(F)(F)F.[V]. The Balaban J connectivity index is 0.000000475. The molecule has 8 nitrogen and oxygen atoms in total. The quantitative estimate of drug-likeness (QED) is 0.413. The van der Waals surface area contributed by atoms with E-state index in [9.17, 15) is 36.5 Å². The Morgan fingerprint density at radius 1 is 1.31 bits per heavy atom. The number of alkyl halides is 3. The van der Waals surface area contributed by atoms with Gasteiger partial charge in [0.2, 0.25) is 0 Å². The summed E-state index contributed by atoms with van der Waals surface area (Å²) in [4.78, 5) is 19.7. The zero-order valence-corrected chi connectivity index (χ0v) is 15.5. The Kier molecular flexibility index (Phi) is 10.0. The zero-order valence-electron chi connectivity index (χ0n) is 13.3. The summed E-state index contributed by atoms with van der Waals surface area (Å²) in [6.07, 6.45) is 2.20. The molecule has 1 radical (unpaired) electrons. The standard InChI is InChI=1S/C7H5NO3.C6H11F3N2O2S.V/c9-5-6-1-3-7(4-2-6)8(10)11;7-6(8,9)14(12,13)11-4-5-2-1-3-10-5;/h1-5H;5,10-11H,1-4H2;/t;5-;/m.0./s1. The molecule has 2 N–H and O–H groups in total. The summed E-state index contributed by atoms with van der Waals surface area (Å²) in [5.74, 6) is 0. The molecular weight excluding hydrogens is 418 g/mol. The van der Waals surface area contributed by atoms with Gasteiger partial charge in [-0.1, -0.05) is 0 Å². The van der Waals surface area contributed by atoms with Gasteiger partial charge in [-0.05, 0) is 31.5 Å². The van der Waals surface area contributed by atoms with Crippen LogP contribution in [0.1, 0.15) is 23.2 Å². The van der Waals surface area contributed by atoms with Crippen LogP contribution in [0.5, 0.6) is 0 Å². The maximum Gasteiger partial charge on any atom is 0.511 e. The van der Waals surface area contributed by atoms with Gasteiger partial charge in [0.25, 0.3) is 5.69 Å². The van der Waals surface area contributed by atoms with Crippen LogP contribution < -0.4 is 10.0 Å². The molecular formula is C13H16F3N3O5SV. The average Bonchev–Trinajstić information content (AvgIpc) is 3.06. The Morgan fingerprint density at radius 2 is 1.88 bits per heavy atom. The number of rotatable bonds is 5. The van der Waals surface area contributed by atoms with Crippen LogP contribution in [0.15, 0.2) is 24.3 Å². The van der Waals surface area contributed by atoms with Crippen molar-refractivity contribution in [2.24, 2.45) is 0 Å². The summed E-state index contributed by atoms with van der Waals surface area (Å²) in [6.45, 7) is 0.514. The first-order valence-corrected chi connectivity index (χ1v) is 8.54. The fourth-order valence-corrected chi connectivity index (χ4v) is 2.48. The molecule has 1 saturated heterocycles. The fraction of sp³-hybridized carbons (Fsp3) is 0.462. The number of sulfonamides is 1. The van der Waals surface area contributed by atoms with Crippen molar-refractivity contribution in [3.8, 4) is 0 Å². The number of nitrogens with one attached hydrogen (secondary N) is 2. The molecule has 1 heterocycles. The van der Waals surface area contributed by atoms with Crippen molar-refractivity contribution in [1.82, 2.24) is 10.0 Å². The van der Waals surface area contributed by atoms with E-state index >= 15 is 0 Å². The van der Waals surface area contributed by atoms with E-state index in [0.29, 0.717) is 18.3 Å². The van der Waals surface area contributed by atoms with E-state index in [1.54, 1.807) is 0 Å². The first-order valence-electron chi connectivity index (χ1n) is 7.06. The van der Waals surface area contributed by atoms with Crippen molar-refractivity contribution in [3.63, 3.8) is 0 Å². The molecule has 0 amide bonds. The van der Waals surface area contributed by atoms with Crippen molar-refractivity contribution in [2.45, 2.75) is 24.4 Å². The molecule has 1 atom stereocenters. The summed E-state index contributed by atoms with van der Waals surface area (Å²) >= 11 is 0. The van der Waals surface area contributed by atoms with E-state index in [2.05, 4.69) is 5.32 Å². The predicted molar refractivity (Wildman–Crippen MR) is 82.5 cm³/mol. The average molecular weight is 434 g/mol. The molecule has 2 rings (SSSR count). The van der Waals surface area contributed by atoms with Gasteiger partial charge in [-0.15, -0.1) is 0 Å². The Labute approximate surface area is 159 Å². The first kappa shape index (κ1) is 24.5. The van der Waals surface area contributed by atoms with E-state index < -0.39 is 20.5 Å².